The van der Waals surface area contributed by atoms with Crippen molar-refractivity contribution >= 4 is 11.9 Å². The van der Waals surface area contributed by atoms with Crippen molar-refractivity contribution < 1.29 is 22.8 Å². The van der Waals surface area contributed by atoms with Crippen LogP contribution in [0.3, 0.4) is 0 Å². The molecule has 3 heterocycles. The Morgan fingerprint density at radius 1 is 1.35 bits per heavy atom. The van der Waals surface area contributed by atoms with E-state index in [9.17, 15) is 22.8 Å². The van der Waals surface area contributed by atoms with Gasteiger partial charge in [0.2, 0.25) is 5.91 Å². The maximum Gasteiger partial charge on any atom is 0.433 e. The molecule has 10 heteroatoms. The van der Waals surface area contributed by atoms with Gasteiger partial charge in [0.1, 0.15) is 11.5 Å². The summed E-state index contributed by atoms with van der Waals surface area (Å²) in [5, 5.41) is 5.48. The fraction of sp³-hybridized carbons (Fsp3) is 0.625. The highest BCUT2D eigenvalue weighted by Gasteiger charge is 2.35. The van der Waals surface area contributed by atoms with Crippen LogP contribution in [0, 0.1) is 12.8 Å². The summed E-state index contributed by atoms with van der Waals surface area (Å²) in [5.41, 5.74) is -0.857. The first-order valence-corrected chi connectivity index (χ1v) is 8.47. The number of carbonyl (C=O) groups is 2. The number of aryl methyl sites for hydroxylation is 1. The molecule has 0 radical (unpaired) electrons. The molecule has 2 saturated heterocycles. The number of urea groups is 1. The van der Waals surface area contributed by atoms with Gasteiger partial charge in [0.05, 0.1) is 12.5 Å². The van der Waals surface area contributed by atoms with Crippen LogP contribution in [0.15, 0.2) is 6.07 Å². The van der Waals surface area contributed by atoms with E-state index < -0.39 is 17.9 Å². The van der Waals surface area contributed by atoms with E-state index in [1.807, 2.05) is 0 Å². The van der Waals surface area contributed by atoms with E-state index in [-0.39, 0.29) is 35.9 Å². The van der Waals surface area contributed by atoms with E-state index in [0.29, 0.717) is 13.1 Å². The second-order valence-electron chi connectivity index (χ2n) is 6.71. The Balaban J connectivity index is 1.66. The number of nitrogens with zero attached hydrogens (tertiary/aromatic N) is 3. The number of halogens is 3. The second-order valence-corrected chi connectivity index (χ2v) is 6.71. The van der Waals surface area contributed by atoms with Crippen molar-refractivity contribution in [2.24, 2.45) is 5.92 Å². The van der Waals surface area contributed by atoms with Crippen LogP contribution in [0.1, 0.15) is 36.5 Å². The average Bonchev–Trinajstić information content (AvgIpc) is 2.79. The van der Waals surface area contributed by atoms with Gasteiger partial charge in [-0.3, -0.25) is 4.79 Å². The van der Waals surface area contributed by atoms with Crippen molar-refractivity contribution in [1.29, 1.82) is 0 Å². The van der Waals surface area contributed by atoms with Crippen LogP contribution in [-0.4, -0.2) is 45.9 Å². The van der Waals surface area contributed by atoms with E-state index in [0.717, 1.165) is 25.3 Å². The smallest absolute Gasteiger partial charge is 0.351 e. The van der Waals surface area contributed by atoms with Gasteiger partial charge in [0.15, 0.2) is 0 Å². The summed E-state index contributed by atoms with van der Waals surface area (Å²) in [4.78, 5) is 33.4. The van der Waals surface area contributed by atoms with Crippen LogP contribution in [0.25, 0.3) is 0 Å². The molecule has 142 valence electrons. The van der Waals surface area contributed by atoms with Gasteiger partial charge in [-0.1, -0.05) is 6.42 Å². The standard InChI is InChI=1S/C16H20F3N5O2/c1-9-5-12(16(17,18)19)23-13(21-9)6-20-15(26)24-7-10-3-2-4-11(8-24)22-14(10)25/h5,10-11H,2-4,6-8H2,1H3,(H,20,26)(H,22,25)/t10-,11+/m1/s1. The largest absolute Gasteiger partial charge is 0.433 e. The molecule has 2 aliphatic rings. The molecular weight excluding hydrogens is 351 g/mol. The highest BCUT2D eigenvalue weighted by atomic mass is 19.4. The first kappa shape index (κ1) is 18.4. The van der Waals surface area contributed by atoms with E-state index in [2.05, 4.69) is 20.6 Å². The van der Waals surface area contributed by atoms with Crippen molar-refractivity contribution in [2.45, 2.75) is 44.9 Å². The number of hydrogen-bond acceptors (Lipinski definition) is 4. The molecule has 1 aromatic rings. The molecule has 0 spiro atoms. The predicted molar refractivity (Wildman–Crippen MR) is 84.9 cm³/mol. The summed E-state index contributed by atoms with van der Waals surface area (Å²) >= 11 is 0. The summed E-state index contributed by atoms with van der Waals surface area (Å²) < 4.78 is 38.5. The van der Waals surface area contributed by atoms with Crippen molar-refractivity contribution in [3.8, 4) is 0 Å². The monoisotopic (exact) mass is 371 g/mol. The van der Waals surface area contributed by atoms with Crippen LogP contribution in [0.4, 0.5) is 18.0 Å². The number of hydrogen-bond donors (Lipinski definition) is 2. The molecule has 2 atom stereocenters. The van der Waals surface area contributed by atoms with E-state index in [1.165, 1.54) is 11.8 Å². The molecule has 2 aliphatic heterocycles. The van der Waals surface area contributed by atoms with Gasteiger partial charge in [0, 0.05) is 24.8 Å². The van der Waals surface area contributed by atoms with Crippen molar-refractivity contribution in [2.75, 3.05) is 13.1 Å². The van der Waals surface area contributed by atoms with E-state index in [4.69, 9.17) is 0 Å². The van der Waals surface area contributed by atoms with Gasteiger partial charge in [-0.15, -0.1) is 0 Å². The minimum absolute atomic E-state index is 0.0420. The third-order valence-electron chi connectivity index (χ3n) is 4.58. The number of alkyl halides is 3. The molecule has 3 amide bonds. The van der Waals surface area contributed by atoms with E-state index in [1.54, 1.807) is 0 Å². The normalized spacial score (nSPS) is 23.2. The van der Waals surface area contributed by atoms with Crippen molar-refractivity contribution in [3.63, 3.8) is 0 Å². The summed E-state index contributed by atoms with van der Waals surface area (Å²) in [6.07, 6.45) is -2.11. The van der Waals surface area contributed by atoms with Crippen LogP contribution < -0.4 is 10.6 Å². The number of carbonyl (C=O) groups excluding carboxylic acids is 2. The van der Waals surface area contributed by atoms with Crippen molar-refractivity contribution in [1.82, 2.24) is 25.5 Å². The predicted octanol–water partition coefficient (Wildman–Crippen LogP) is 1.61. The lowest BCUT2D eigenvalue weighted by molar-refractivity contribution is -0.141. The van der Waals surface area contributed by atoms with Crippen LogP contribution in [0.2, 0.25) is 0 Å². The molecule has 3 rings (SSSR count). The van der Waals surface area contributed by atoms with Crippen LogP contribution in [-0.2, 0) is 17.5 Å². The minimum Gasteiger partial charge on any atom is -0.351 e. The lowest BCUT2D eigenvalue weighted by Crippen LogP contribution is -2.46. The fourth-order valence-electron chi connectivity index (χ4n) is 3.34. The zero-order valence-electron chi connectivity index (χ0n) is 14.3. The summed E-state index contributed by atoms with van der Waals surface area (Å²) in [7, 11) is 0. The van der Waals surface area contributed by atoms with Gasteiger partial charge < -0.3 is 15.5 Å². The van der Waals surface area contributed by atoms with E-state index >= 15 is 0 Å². The summed E-state index contributed by atoms with van der Waals surface area (Å²) in [6.45, 7) is 1.92. The fourth-order valence-corrected chi connectivity index (χ4v) is 3.34. The molecule has 7 nitrogen and oxygen atoms in total. The number of rotatable bonds is 2. The molecular formula is C16H20F3N5O2. The highest BCUT2D eigenvalue weighted by molar-refractivity contribution is 5.82. The van der Waals surface area contributed by atoms with Gasteiger partial charge in [-0.25, -0.2) is 14.8 Å². The third kappa shape index (κ3) is 4.23. The molecule has 26 heavy (non-hydrogen) atoms. The van der Waals surface area contributed by atoms with Gasteiger partial charge in [-0.05, 0) is 25.8 Å². The third-order valence-corrected chi connectivity index (χ3v) is 4.58. The second kappa shape index (κ2) is 7.08. The van der Waals surface area contributed by atoms with Gasteiger partial charge in [-0.2, -0.15) is 13.2 Å². The Morgan fingerprint density at radius 3 is 2.85 bits per heavy atom. The molecule has 0 aromatic carbocycles. The molecule has 0 aliphatic carbocycles. The maximum absolute atomic E-state index is 12.8. The number of likely N-dealkylation sites (tertiary alicyclic amines) is 1. The topological polar surface area (TPSA) is 87.2 Å². The molecule has 2 N–H and O–H groups in total. The number of aromatic nitrogens is 2. The van der Waals surface area contributed by atoms with Crippen molar-refractivity contribution in [3.05, 3.63) is 23.3 Å². The Kier molecular flexibility index (Phi) is 5.01. The molecule has 1 aromatic heterocycles. The van der Waals surface area contributed by atoms with Gasteiger partial charge in [0.25, 0.3) is 0 Å². The molecule has 2 bridgehead atoms. The Morgan fingerprint density at radius 2 is 2.12 bits per heavy atom. The molecule has 2 fully saturated rings. The minimum atomic E-state index is -4.57. The highest BCUT2D eigenvalue weighted by Crippen LogP contribution is 2.27. The average molecular weight is 371 g/mol. The zero-order chi connectivity index (χ0) is 18.9. The van der Waals surface area contributed by atoms with Crippen LogP contribution >= 0.6 is 0 Å². The number of amides is 3. The van der Waals surface area contributed by atoms with Crippen LogP contribution in [0.5, 0.6) is 0 Å². The lowest BCUT2D eigenvalue weighted by atomic mass is 9.99. The Labute approximate surface area is 148 Å². The molecule has 0 saturated carbocycles. The summed E-state index contributed by atoms with van der Waals surface area (Å²) in [5.74, 6) is -0.394. The quantitative estimate of drug-likeness (QED) is 0.827. The van der Waals surface area contributed by atoms with Gasteiger partial charge >= 0.3 is 12.2 Å². The lowest BCUT2D eigenvalue weighted by Gasteiger charge is -2.27. The Hall–Kier alpha value is -2.39. The molecule has 0 unspecified atom stereocenters. The first-order chi connectivity index (χ1) is 12.2. The zero-order valence-corrected chi connectivity index (χ0v) is 14.3. The number of fused-ring (bicyclic) bond motifs is 3. The number of nitrogens with one attached hydrogen (secondary N) is 2. The first-order valence-electron chi connectivity index (χ1n) is 8.47. The summed E-state index contributed by atoms with van der Waals surface area (Å²) in [6, 6.07) is 0.336. The Bertz CT molecular complexity index is 710. The maximum atomic E-state index is 12.8. The SMILES string of the molecule is Cc1cc(C(F)(F)F)nc(CNC(=O)N2C[C@@H]3CCC[C@H](C2)C(=O)N3)n1.